The zero-order chi connectivity index (χ0) is 12.4. The molecule has 0 spiro atoms. The Morgan fingerprint density at radius 2 is 1.89 bits per heavy atom. The van der Waals surface area contributed by atoms with Gasteiger partial charge < -0.3 is 15.3 Å². The molecule has 18 heavy (non-hydrogen) atoms. The molecule has 4 saturated heterocycles. The van der Waals surface area contributed by atoms with Gasteiger partial charge in [-0.1, -0.05) is 0 Å². The van der Waals surface area contributed by atoms with Gasteiger partial charge in [0, 0.05) is 39.3 Å². The van der Waals surface area contributed by atoms with E-state index in [4.69, 9.17) is 10.2 Å². The van der Waals surface area contributed by atoms with Crippen LogP contribution in [0.4, 0.5) is 0 Å². The summed E-state index contributed by atoms with van der Waals surface area (Å²) in [4.78, 5) is 4.75. The predicted molar refractivity (Wildman–Crippen MR) is 66.2 cm³/mol. The average molecular weight is 249 g/mol. The molecule has 5 heteroatoms. The molecule has 5 heterocycles. The van der Waals surface area contributed by atoms with E-state index in [1.807, 2.05) is 12.1 Å². The molecule has 1 aromatic rings. The second-order valence-corrected chi connectivity index (χ2v) is 6.19. The number of nitrogens with two attached hydrogens (primary N) is 1. The van der Waals surface area contributed by atoms with Gasteiger partial charge in [-0.05, 0) is 12.1 Å². The van der Waals surface area contributed by atoms with Gasteiger partial charge in [-0.2, -0.15) is 0 Å². The van der Waals surface area contributed by atoms with Crippen molar-refractivity contribution in [2.75, 3.05) is 39.3 Å². The number of rotatable bonds is 1. The van der Waals surface area contributed by atoms with Crippen molar-refractivity contribution in [2.24, 2.45) is 5.73 Å². The summed E-state index contributed by atoms with van der Waals surface area (Å²) in [5.41, 5.74) is 5.60. The molecule has 1 aromatic heterocycles. The maximum Gasteiger partial charge on any atom is 0.115 e. The van der Waals surface area contributed by atoms with Crippen molar-refractivity contribution in [2.45, 2.75) is 17.1 Å². The van der Waals surface area contributed by atoms with Gasteiger partial charge in [-0.3, -0.25) is 9.80 Å². The molecule has 0 saturated carbocycles. The summed E-state index contributed by atoms with van der Waals surface area (Å²) >= 11 is 0. The van der Waals surface area contributed by atoms with E-state index in [9.17, 15) is 5.11 Å². The van der Waals surface area contributed by atoms with Crippen LogP contribution in [-0.2, 0) is 5.41 Å². The van der Waals surface area contributed by atoms with Gasteiger partial charge in [0.05, 0.1) is 23.3 Å². The first-order valence-corrected chi connectivity index (χ1v) is 6.58. The molecule has 3 atom stereocenters. The minimum Gasteiger partial charge on any atom is -0.469 e. The Hall–Kier alpha value is -0.880. The summed E-state index contributed by atoms with van der Waals surface area (Å²) in [6.45, 7) is 5.33. The van der Waals surface area contributed by atoms with Gasteiger partial charge in [0.1, 0.15) is 5.76 Å². The van der Waals surface area contributed by atoms with E-state index in [-0.39, 0.29) is 5.41 Å². The Bertz CT molecular complexity index is 443. The first-order valence-electron chi connectivity index (χ1n) is 6.58. The Morgan fingerprint density at radius 1 is 1.22 bits per heavy atom. The number of nitrogens with zero attached hydrogens (tertiary/aromatic N) is 2. The number of piperidine rings is 2. The third-order valence-electron chi connectivity index (χ3n) is 4.86. The van der Waals surface area contributed by atoms with Crippen molar-refractivity contribution in [3.63, 3.8) is 0 Å². The van der Waals surface area contributed by atoms with Crippen LogP contribution in [0.15, 0.2) is 22.8 Å². The highest BCUT2D eigenvalue weighted by Gasteiger charge is 2.61. The first-order chi connectivity index (χ1) is 8.62. The van der Waals surface area contributed by atoms with E-state index in [2.05, 4.69) is 9.80 Å². The van der Waals surface area contributed by atoms with E-state index in [0.717, 1.165) is 45.0 Å². The van der Waals surface area contributed by atoms with Gasteiger partial charge >= 0.3 is 0 Å². The summed E-state index contributed by atoms with van der Waals surface area (Å²) in [5.74, 6) is 0.876. The highest BCUT2D eigenvalue weighted by Crippen LogP contribution is 2.44. The molecule has 98 valence electrons. The van der Waals surface area contributed by atoms with E-state index < -0.39 is 11.6 Å². The number of aliphatic hydroxyl groups is 1. The molecular weight excluding hydrogens is 230 g/mol. The quantitative estimate of drug-likeness (QED) is 0.683. The highest BCUT2D eigenvalue weighted by molar-refractivity contribution is 5.29. The van der Waals surface area contributed by atoms with Crippen LogP contribution in [-0.4, -0.2) is 65.8 Å². The van der Waals surface area contributed by atoms with Crippen molar-refractivity contribution in [3.8, 4) is 0 Å². The number of aliphatic hydroxyl groups excluding tert-OH is 1. The lowest BCUT2D eigenvalue weighted by molar-refractivity contribution is -0.0959. The van der Waals surface area contributed by atoms with Crippen LogP contribution in [0.1, 0.15) is 5.76 Å². The fourth-order valence-corrected chi connectivity index (χ4v) is 4.19. The second kappa shape index (κ2) is 3.36. The van der Waals surface area contributed by atoms with E-state index in [1.165, 1.54) is 0 Å². The fraction of sp³-hybridized carbons (Fsp3) is 0.692. The summed E-state index contributed by atoms with van der Waals surface area (Å²) in [6, 6.07) is 3.87. The molecule has 0 radical (unpaired) electrons. The smallest absolute Gasteiger partial charge is 0.115 e. The number of fused-ring (bicyclic) bond motifs is 1. The molecule has 0 amide bonds. The normalized spacial score (nSPS) is 50.4. The maximum atomic E-state index is 10.8. The van der Waals surface area contributed by atoms with Crippen LogP contribution in [0.3, 0.4) is 0 Å². The van der Waals surface area contributed by atoms with E-state index in [1.54, 1.807) is 6.26 Å². The summed E-state index contributed by atoms with van der Waals surface area (Å²) in [5, 5.41) is 10.8. The Morgan fingerprint density at radius 3 is 2.44 bits per heavy atom. The van der Waals surface area contributed by atoms with Gasteiger partial charge in [0.2, 0.25) is 0 Å². The molecule has 5 nitrogen and oxygen atoms in total. The number of hydrogen-bond donors (Lipinski definition) is 2. The zero-order valence-corrected chi connectivity index (χ0v) is 10.4. The highest BCUT2D eigenvalue weighted by atomic mass is 16.3. The van der Waals surface area contributed by atoms with Crippen LogP contribution in [0, 0.1) is 0 Å². The Balaban J connectivity index is 1.87. The van der Waals surface area contributed by atoms with Gasteiger partial charge in [0.25, 0.3) is 0 Å². The minimum absolute atomic E-state index is 0.356. The predicted octanol–water partition coefficient (Wildman–Crippen LogP) is -0.779. The van der Waals surface area contributed by atoms with Crippen LogP contribution in [0.5, 0.6) is 0 Å². The molecule has 4 bridgehead atoms. The molecule has 0 aromatic carbocycles. The van der Waals surface area contributed by atoms with Crippen molar-refractivity contribution >= 4 is 0 Å². The molecule has 4 aliphatic rings. The SMILES string of the molecule is NC12CN3CCN(C1)CC(c1ccco1)(C3)C2O. The summed E-state index contributed by atoms with van der Waals surface area (Å²) in [7, 11) is 0. The van der Waals surface area contributed by atoms with Gasteiger partial charge in [-0.15, -0.1) is 0 Å². The lowest BCUT2D eigenvalue weighted by Crippen LogP contribution is -2.78. The molecular formula is C13H19N3O2. The Kier molecular flexibility index (Phi) is 2.05. The molecule has 0 aliphatic carbocycles. The van der Waals surface area contributed by atoms with Crippen molar-refractivity contribution < 1.29 is 9.52 Å². The molecule has 3 unspecified atom stereocenters. The third kappa shape index (κ3) is 1.25. The van der Waals surface area contributed by atoms with Crippen molar-refractivity contribution in [1.82, 2.24) is 9.80 Å². The standard InChI is InChI=1S/C13H19N3O2/c14-13-8-15-3-4-16(9-13)7-12(6-15,11(13)17)10-2-1-5-18-10/h1-2,5,11,17H,3-4,6-9,14H2. The maximum absolute atomic E-state index is 10.8. The fourth-order valence-electron chi connectivity index (χ4n) is 4.19. The first kappa shape index (κ1) is 11.0. The van der Waals surface area contributed by atoms with Crippen LogP contribution in [0.25, 0.3) is 0 Å². The van der Waals surface area contributed by atoms with Crippen LogP contribution < -0.4 is 5.73 Å². The zero-order valence-electron chi connectivity index (χ0n) is 10.4. The van der Waals surface area contributed by atoms with E-state index >= 15 is 0 Å². The lowest BCUT2D eigenvalue weighted by Gasteiger charge is -2.57. The van der Waals surface area contributed by atoms with Gasteiger partial charge in [0.15, 0.2) is 0 Å². The van der Waals surface area contributed by atoms with Gasteiger partial charge in [-0.25, -0.2) is 0 Å². The minimum atomic E-state index is -0.528. The average Bonchev–Trinajstić information content (AvgIpc) is 2.75. The van der Waals surface area contributed by atoms with Crippen LogP contribution >= 0.6 is 0 Å². The van der Waals surface area contributed by atoms with Crippen LogP contribution in [0.2, 0.25) is 0 Å². The third-order valence-corrected chi connectivity index (χ3v) is 4.86. The topological polar surface area (TPSA) is 65.9 Å². The molecule has 4 fully saturated rings. The molecule has 3 N–H and O–H groups in total. The molecule has 5 rings (SSSR count). The molecule has 4 aliphatic heterocycles. The van der Waals surface area contributed by atoms with Crippen molar-refractivity contribution in [3.05, 3.63) is 24.2 Å². The largest absolute Gasteiger partial charge is 0.469 e. The Labute approximate surface area is 106 Å². The monoisotopic (exact) mass is 249 g/mol. The summed E-state index contributed by atoms with van der Waals surface area (Å²) in [6.07, 6.45) is 1.16. The lowest BCUT2D eigenvalue weighted by atomic mass is 9.65. The second-order valence-electron chi connectivity index (χ2n) is 6.19. The number of furan rings is 1. The summed E-state index contributed by atoms with van der Waals surface area (Å²) < 4.78 is 5.62. The van der Waals surface area contributed by atoms with Crippen molar-refractivity contribution in [1.29, 1.82) is 0 Å². The number of hydrogen-bond acceptors (Lipinski definition) is 5. The van der Waals surface area contributed by atoms with E-state index in [0.29, 0.717) is 0 Å².